The lowest BCUT2D eigenvalue weighted by molar-refractivity contribution is -0.120. The summed E-state index contributed by atoms with van der Waals surface area (Å²) in [4.78, 5) is 11.9. The predicted molar refractivity (Wildman–Crippen MR) is 99.8 cm³/mol. The maximum atomic E-state index is 13.1. The minimum Gasteiger partial charge on any atom is -0.354 e. The molecule has 0 fully saturated rings. The molecule has 0 aliphatic rings. The van der Waals surface area contributed by atoms with Gasteiger partial charge < -0.3 is 5.32 Å². The van der Waals surface area contributed by atoms with E-state index >= 15 is 0 Å². The van der Waals surface area contributed by atoms with Crippen LogP contribution >= 0.6 is 11.6 Å². The van der Waals surface area contributed by atoms with Gasteiger partial charge >= 0.3 is 0 Å². The predicted octanol–water partition coefficient (Wildman–Crippen LogP) is 2.60. The zero-order valence-corrected chi connectivity index (χ0v) is 15.9. The molecule has 1 amide bonds. The average Bonchev–Trinajstić information content (AvgIpc) is 2.55. The SMILES string of the molecule is CS(=O)(=O)N(CCNC(=O)Cc1cccc(F)c1)Cc1ccc(Cl)cc1. The van der Waals surface area contributed by atoms with Crippen LogP contribution in [0.25, 0.3) is 0 Å². The molecule has 140 valence electrons. The van der Waals surface area contributed by atoms with Crippen LogP contribution in [0.5, 0.6) is 0 Å². The summed E-state index contributed by atoms with van der Waals surface area (Å²) in [6.07, 6.45) is 1.16. The second-order valence-corrected chi connectivity index (χ2v) is 8.30. The lowest BCUT2D eigenvalue weighted by Gasteiger charge is -2.20. The number of nitrogens with zero attached hydrogens (tertiary/aromatic N) is 1. The van der Waals surface area contributed by atoms with Crippen molar-refractivity contribution < 1.29 is 17.6 Å². The summed E-state index contributed by atoms with van der Waals surface area (Å²) in [7, 11) is -3.44. The minimum absolute atomic E-state index is 0.0355. The quantitative estimate of drug-likeness (QED) is 0.743. The van der Waals surface area contributed by atoms with E-state index in [0.29, 0.717) is 10.6 Å². The Hall–Kier alpha value is -1.96. The molecule has 0 saturated carbocycles. The van der Waals surface area contributed by atoms with E-state index in [0.717, 1.165) is 11.8 Å². The Morgan fingerprint density at radius 1 is 1.15 bits per heavy atom. The lowest BCUT2D eigenvalue weighted by atomic mass is 10.1. The molecule has 0 unspecified atom stereocenters. The van der Waals surface area contributed by atoms with Crippen molar-refractivity contribution in [2.24, 2.45) is 0 Å². The number of sulfonamides is 1. The molecule has 8 heteroatoms. The normalized spacial score (nSPS) is 11.5. The Morgan fingerprint density at radius 2 is 1.85 bits per heavy atom. The minimum atomic E-state index is -3.44. The first-order valence-corrected chi connectivity index (χ1v) is 10.2. The van der Waals surface area contributed by atoms with Crippen molar-refractivity contribution in [3.8, 4) is 0 Å². The van der Waals surface area contributed by atoms with Crippen molar-refractivity contribution in [1.82, 2.24) is 9.62 Å². The fraction of sp³-hybridized carbons (Fsp3) is 0.278. The smallest absolute Gasteiger partial charge is 0.224 e. The molecule has 1 N–H and O–H groups in total. The Labute approximate surface area is 157 Å². The van der Waals surface area contributed by atoms with Gasteiger partial charge in [-0.3, -0.25) is 4.79 Å². The second-order valence-electron chi connectivity index (χ2n) is 5.88. The monoisotopic (exact) mass is 398 g/mol. The van der Waals surface area contributed by atoms with Gasteiger partial charge in [-0.25, -0.2) is 12.8 Å². The third-order valence-electron chi connectivity index (χ3n) is 3.68. The van der Waals surface area contributed by atoms with Gasteiger partial charge in [-0.15, -0.1) is 0 Å². The summed E-state index contributed by atoms with van der Waals surface area (Å²) in [6, 6.07) is 12.7. The van der Waals surface area contributed by atoms with Crippen molar-refractivity contribution in [2.45, 2.75) is 13.0 Å². The van der Waals surface area contributed by atoms with Gasteiger partial charge in [0.15, 0.2) is 0 Å². The largest absolute Gasteiger partial charge is 0.354 e. The fourth-order valence-corrected chi connectivity index (χ4v) is 3.30. The molecule has 0 aromatic heterocycles. The number of hydrogen-bond acceptors (Lipinski definition) is 3. The van der Waals surface area contributed by atoms with Gasteiger partial charge in [0.05, 0.1) is 12.7 Å². The maximum absolute atomic E-state index is 13.1. The number of rotatable bonds is 8. The molecular weight excluding hydrogens is 379 g/mol. The Bertz CT molecular complexity index is 857. The Balaban J connectivity index is 1.89. The van der Waals surface area contributed by atoms with Crippen LogP contribution in [0.2, 0.25) is 5.02 Å². The number of halogens is 2. The topological polar surface area (TPSA) is 66.5 Å². The molecular formula is C18H20ClFN2O3S. The van der Waals surface area contributed by atoms with E-state index in [1.54, 1.807) is 30.3 Å². The van der Waals surface area contributed by atoms with Crippen molar-refractivity contribution >= 4 is 27.5 Å². The van der Waals surface area contributed by atoms with Crippen LogP contribution in [-0.2, 0) is 27.8 Å². The van der Waals surface area contributed by atoms with Crippen LogP contribution in [0.15, 0.2) is 48.5 Å². The van der Waals surface area contributed by atoms with E-state index in [1.807, 2.05) is 0 Å². The van der Waals surface area contributed by atoms with Gasteiger partial charge in [-0.1, -0.05) is 35.9 Å². The van der Waals surface area contributed by atoms with E-state index in [-0.39, 0.29) is 32.0 Å². The number of nitrogens with one attached hydrogen (secondary N) is 1. The molecule has 0 saturated heterocycles. The van der Waals surface area contributed by atoms with E-state index in [9.17, 15) is 17.6 Å². The highest BCUT2D eigenvalue weighted by Gasteiger charge is 2.17. The molecule has 0 aliphatic heterocycles. The lowest BCUT2D eigenvalue weighted by Crippen LogP contribution is -2.38. The van der Waals surface area contributed by atoms with Gasteiger partial charge in [0.2, 0.25) is 15.9 Å². The first-order valence-electron chi connectivity index (χ1n) is 7.95. The summed E-state index contributed by atoms with van der Waals surface area (Å²) in [5, 5.41) is 3.23. The van der Waals surface area contributed by atoms with Crippen LogP contribution in [-0.4, -0.2) is 38.0 Å². The third kappa shape index (κ3) is 6.74. The Kier molecular flexibility index (Phi) is 7.14. The number of carbonyl (C=O) groups excluding carboxylic acids is 1. The first-order chi connectivity index (χ1) is 12.2. The first kappa shape index (κ1) is 20.4. The van der Waals surface area contributed by atoms with Gasteiger partial charge in [-0.05, 0) is 35.4 Å². The number of carbonyl (C=O) groups is 1. The number of benzene rings is 2. The van der Waals surface area contributed by atoms with Gasteiger partial charge in [0.25, 0.3) is 0 Å². The Morgan fingerprint density at radius 3 is 2.46 bits per heavy atom. The molecule has 0 heterocycles. The molecule has 0 spiro atoms. The van der Waals surface area contributed by atoms with E-state index in [4.69, 9.17) is 11.6 Å². The van der Waals surface area contributed by atoms with E-state index < -0.39 is 15.8 Å². The zero-order valence-electron chi connectivity index (χ0n) is 14.3. The molecule has 2 aromatic rings. The fourth-order valence-electron chi connectivity index (χ4n) is 2.37. The van der Waals surface area contributed by atoms with Crippen molar-refractivity contribution in [1.29, 1.82) is 0 Å². The zero-order chi connectivity index (χ0) is 19.2. The highest BCUT2D eigenvalue weighted by atomic mass is 35.5. The van der Waals surface area contributed by atoms with Gasteiger partial charge in [0.1, 0.15) is 5.82 Å². The highest BCUT2D eigenvalue weighted by Crippen LogP contribution is 2.13. The summed E-state index contributed by atoms with van der Waals surface area (Å²) >= 11 is 5.83. The van der Waals surface area contributed by atoms with Crippen molar-refractivity contribution in [3.63, 3.8) is 0 Å². The standard InChI is InChI=1S/C18H20ClFN2O3S/c1-26(24,25)22(13-14-5-7-16(19)8-6-14)10-9-21-18(23)12-15-3-2-4-17(20)11-15/h2-8,11H,9-10,12-13H2,1H3,(H,21,23). The van der Waals surface area contributed by atoms with Crippen LogP contribution in [0, 0.1) is 5.82 Å². The van der Waals surface area contributed by atoms with Crippen molar-refractivity contribution in [2.75, 3.05) is 19.3 Å². The van der Waals surface area contributed by atoms with Crippen LogP contribution in [0.4, 0.5) is 4.39 Å². The van der Waals surface area contributed by atoms with Crippen LogP contribution in [0.1, 0.15) is 11.1 Å². The van der Waals surface area contributed by atoms with Crippen molar-refractivity contribution in [3.05, 3.63) is 70.5 Å². The average molecular weight is 399 g/mol. The molecule has 2 aromatic carbocycles. The van der Waals surface area contributed by atoms with Gasteiger partial charge in [-0.2, -0.15) is 4.31 Å². The number of hydrogen-bond donors (Lipinski definition) is 1. The van der Waals surface area contributed by atoms with Crippen LogP contribution in [0.3, 0.4) is 0 Å². The number of amides is 1. The summed E-state index contributed by atoms with van der Waals surface area (Å²) < 4.78 is 38.3. The van der Waals surface area contributed by atoms with E-state index in [2.05, 4.69) is 5.32 Å². The molecule has 0 aliphatic carbocycles. The second kappa shape index (κ2) is 9.12. The maximum Gasteiger partial charge on any atom is 0.224 e. The van der Waals surface area contributed by atoms with E-state index in [1.165, 1.54) is 22.5 Å². The molecule has 0 bridgehead atoms. The highest BCUT2D eigenvalue weighted by molar-refractivity contribution is 7.88. The van der Waals surface area contributed by atoms with Gasteiger partial charge in [0, 0.05) is 24.7 Å². The summed E-state index contributed by atoms with van der Waals surface area (Å²) in [5.41, 5.74) is 1.36. The molecule has 2 rings (SSSR count). The van der Waals surface area contributed by atoms with Crippen LogP contribution < -0.4 is 5.32 Å². The molecule has 5 nitrogen and oxygen atoms in total. The summed E-state index contributed by atoms with van der Waals surface area (Å²) in [6.45, 7) is 0.487. The molecule has 26 heavy (non-hydrogen) atoms. The third-order valence-corrected chi connectivity index (χ3v) is 5.18. The molecule has 0 atom stereocenters. The summed E-state index contributed by atoms with van der Waals surface area (Å²) in [5.74, 6) is -0.697. The molecule has 0 radical (unpaired) electrons.